The summed E-state index contributed by atoms with van der Waals surface area (Å²) in [6.07, 6.45) is 2.94. The second-order valence-electron chi connectivity index (χ2n) is 5.14. The van der Waals surface area contributed by atoms with Crippen molar-refractivity contribution < 1.29 is 14.0 Å². The molecule has 0 bridgehead atoms. The average Bonchev–Trinajstić information content (AvgIpc) is 3.11. The lowest BCUT2D eigenvalue weighted by Gasteiger charge is -2.21. The highest BCUT2D eigenvalue weighted by molar-refractivity contribution is 8.15. The van der Waals surface area contributed by atoms with Crippen LogP contribution in [0.2, 0.25) is 10.0 Å². The van der Waals surface area contributed by atoms with Crippen LogP contribution < -0.4 is 10.6 Å². The zero-order valence-electron chi connectivity index (χ0n) is 13.1. The summed E-state index contributed by atoms with van der Waals surface area (Å²) in [7, 11) is 0. The van der Waals surface area contributed by atoms with E-state index in [0.29, 0.717) is 21.5 Å². The summed E-state index contributed by atoms with van der Waals surface area (Å²) >= 11 is 12.9. The van der Waals surface area contributed by atoms with Crippen molar-refractivity contribution in [2.24, 2.45) is 10.2 Å². The van der Waals surface area contributed by atoms with Gasteiger partial charge in [-0.2, -0.15) is 5.10 Å². The summed E-state index contributed by atoms with van der Waals surface area (Å²) < 4.78 is 5.09. The third kappa shape index (κ3) is 4.87. The van der Waals surface area contributed by atoms with Crippen molar-refractivity contribution in [2.45, 2.75) is 11.7 Å². The molecule has 1 aliphatic heterocycles. The minimum absolute atomic E-state index is 0.0265. The van der Waals surface area contributed by atoms with Gasteiger partial charge in [0.05, 0.1) is 22.5 Å². The van der Waals surface area contributed by atoms with Crippen LogP contribution in [0, 0.1) is 0 Å². The van der Waals surface area contributed by atoms with Gasteiger partial charge in [0.1, 0.15) is 11.0 Å². The number of rotatable bonds is 4. The molecule has 1 atom stereocenters. The number of hydrogen-bond acceptors (Lipinski definition) is 6. The van der Waals surface area contributed by atoms with E-state index < -0.39 is 5.25 Å². The van der Waals surface area contributed by atoms with E-state index in [-0.39, 0.29) is 23.4 Å². The maximum atomic E-state index is 12.4. The Kier molecular flexibility index (Phi) is 5.97. The number of nitrogens with one attached hydrogen (secondary N) is 2. The molecule has 1 fully saturated rings. The van der Waals surface area contributed by atoms with Crippen LogP contribution >= 0.6 is 35.0 Å². The average molecular weight is 411 g/mol. The van der Waals surface area contributed by atoms with E-state index in [1.807, 2.05) is 0 Å². The second kappa shape index (κ2) is 8.39. The zero-order chi connectivity index (χ0) is 18.5. The Morgan fingerprint density at radius 1 is 1.35 bits per heavy atom. The lowest BCUT2D eigenvalue weighted by Crippen LogP contribution is -2.41. The Balaban J connectivity index is 1.66. The van der Waals surface area contributed by atoms with Gasteiger partial charge >= 0.3 is 0 Å². The van der Waals surface area contributed by atoms with Gasteiger partial charge in [-0.25, -0.2) is 0 Å². The van der Waals surface area contributed by atoms with Crippen molar-refractivity contribution in [3.05, 3.63) is 52.4 Å². The molecule has 3 rings (SSSR count). The summed E-state index contributed by atoms with van der Waals surface area (Å²) in [5.74, 6) is -0.133. The summed E-state index contributed by atoms with van der Waals surface area (Å²) in [5.41, 5.74) is 0.491. The first kappa shape index (κ1) is 18.5. The van der Waals surface area contributed by atoms with E-state index in [2.05, 4.69) is 20.8 Å². The minimum Gasteiger partial charge on any atom is -0.463 e. The maximum absolute atomic E-state index is 12.4. The molecule has 7 nitrogen and oxygen atoms in total. The predicted octanol–water partition coefficient (Wildman–Crippen LogP) is 3.54. The monoisotopic (exact) mass is 410 g/mol. The topological polar surface area (TPSA) is 96.1 Å². The van der Waals surface area contributed by atoms with Gasteiger partial charge in [0.25, 0.3) is 0 Å². The van der Waals surface area contributed by atoms with Crippen molar-refractivity contribution in [1.82, 2.24) is 5.32 Å². The maximum Gasteiger partial charge on any atom is 0.238 e. The highest BCUT2D eigenvalue weighted by Crippen LogP contribution is 2.27. The van der Waals surface area contributed by atoms with Gasteiger partial charge in [-0.3, -0.25) is 9.59 Å². The SMILES string of the molecule is O=C1CC(C(=O)Nc2ccc(Cl)c(Cl)c2)S/C(=N\N=C\c2ccco2)N1. The Bertz CT molecular complexity index is 884. The highest BCUT2D eigenvalue weighted by atomic mass is 35.5. The third-order valence-corrected chi connectivity index (χ3v) is 5.04. The number of anilines is 1. The van der Waals surface area contributed by atoms with Crippen LogP contribution in [0.15, 0.2) is 51.2 Å². The number of nitrogens with zero attached hydrogens (tertiary/aromatic N) is 2. The fraction of sp³-hybridized carbons (Fsp3) is 0.125. The Labute approximate surface area is 162 Å². The zero-order valence-corrected chi connectivity index (χ0v) is 15.4. The largest absolute Gasteiger partial charge is 0.463 e. The minimum atomic E-state index is -0.643. The van der Waals surface area contributed by atoms with Crippen molar-refractivity contribution >= 4 is 63.8 Å². The lowest BCUT2D eigenvalue weighted by atomic mass is 10.2. The van der Waals surface area contributed by atoms with Crippen LogP contribution in [0.3, 0.4) is 0 Å². The first-order valence-electron chi connectivity index (χ1n) is 7.38. The molecule has 0 spiro atoms. The number of amidine groups is 1. The van der Waals surface area contributed by atoms with Gasteiger partial charge in [0, 0.05) is 12.1 Å². The molecule has 2 heterocycles. The molecule has 1 saturated heterocycles. The molecule has 1 aliphatic rings. The van der Waals surface area contributed by atoms with Crippen LogP contribution in [0.5, 0.6) is 0 Å². The summed E-state index contributed by atoms with van der Waals surface area (Å²) in [4.78, 5) is 24.3. The Hall–Kier alpha value is -2.29. The fourth-order valence-electron chi connectivity index (χ4n) is 2.04. The van der Waals surface area contributed by atoms with Crippen LogP contribution in [-0.4, -0.2) is 28.4 Å². The van der Waals surface area contributed by atoms with Crippen molar-refractivity contribution in [1.29, 1.82) is 0 Å². The summed E-state index contributed by atoms with van der Waals surface area (Å²) in [5, 5.41) is 13.3. The Morgan fingerprint density at radius 3 is 2.92 bits per heavy atom. The number of carbonyl (C=O) groups is 2. The standard InChI is InChI=1S/C16H12Cl2N4O3S/c17-11-4-3-9(6-12(11)18)20-15(24)13-7-14(23)21-16(26-13)22-19-8-10-2-1-5-25-10/h1-6,8,13H,7H2,(H,20,24)(H,21,22,23)/b19-8+. The first-order chi connectivity index (χ1) is 12.5. The molecule has 2 aromatic rings. The smallest absolute Gasteiger partial charge is 0.238 e. The molecule has 2 N–H and O–H groups in total. The number of hydrogen-bond donors (Lipinski definition) is 2. The lowest BCUT2D eigenvalue weighted by molar-refractivity contribution is -0.123. The summed E-state index contributed by atoms with van der Waals surface area (Å²) in [6.45, 7) is 0. The van der Waals surface area contributed by atoms with Gasteiger partial charge in [-0.05, 0) is 30.3 Å². The van der Waals surface area contributed by atoms with Crippen molar-refractivity contribution in [2.75, 3.05) is 5.32 Å². The molecular formula is C16H12Cl2N4O3S. The van der Waals surface area contributed by atoms with Crippen molar-refractivity contribution in [3.8, 4) is 0 Å². The quantitative estimate of drug-likeness (QED) is 0.594. The third-order valence-electron chi connectivity index (χ3n) is 3.23. The van der Waals surface area contributed by atoms with Crippen LogP contribution in [0.1, 0.15) is 12.2 Å². The predicted molar refractivity (Wildman–Crippen MR) is 103 cm³/mol. The normalized spacial score (nSPS) is 18.9. The van der Waals surface area contributed by atoms with Gasteiger partial charge in [-0.15, -0.1) is 5.10 Å². The van der Waals surface area contributed by atoms with E-state index in [1.165, 1.54) is 18.5 Å². The van der Waals surface area contributed by atoms with E-state index >= 15 is 0 Å². The number of amides is 2. The van der Waals surface area contributed by atoms with Crippen LogP contribution in [-0.2, 0) is 9.59 Å². The summed E-state index contributed by atoms with van der Waals surface area (Å²) in [6, 6.07) is 8.18. The van der Waals surface area contributed by atoms with E-state index in [4.69, 9.17) is 27.6 Å². The molecule has 26 heavy (non-hydrogen) atoms. The van der Waals surface area contributed by atoms with Crippen LogP contribution in [0.4, 0.5) is 5.69 Å². The number of carbonyl (C=O) groups excluding carboxylic acids is 2. The number of halogens is 2. The molecule has 1 aromatic heterocycles. The van der Waals surface area contributed by atoms with E-state index in [1.54, 1.807) is 24.3 Å². The highest BCUT2D eigenvalue weighted by Gasteiger charge is 2.30. The number of thioether (sulfide) groups is 1. The molecule has 0 aliphatic carbocycles. The van der Waals surface area contributed by atoms with E-state index in [0.717, 1.165) is 11.8 Å². The fourth-order valence-corrected chi connectivity index (χ4v) is 3.27. The number of benzene rings is 1. The molecule has 0 saturated carbocycles. The first-order valence-corrected chi connectivity index (χ1v) is 9.02. The molecule has 10 heteroatoms. The molecule has 134 valence electrons. The van der Waals surface area contributed by atoms with E-state index in [9.17, 15) is 9.59 Å². The van der Waals surface area contributed by atoms with Gasteiger partial charge in [0.2, 0.25) is 11.8 Å². The number of furan rings is 1. The van der Waals surface area contributed by atoms with Crippen molar-refractivity contribution in [3.63, 3.8) is 0 Å². The second-order valence-corrected chi connectivity index (χ2v) is 7.15. The van der Waals surface area contributed by atoms with Crippen LogP contribution in [0.25, 0.3) is 0 Å². The molecular weight excluding hydrogens is 399 g/mol. The van der Waals surface area contributed by atoms with Gasteiger partial charge in [0.15, 0.2) is 5.17 Å². The molecule has 2 amide bonds. The Morgan fingerprint density at radius 2 is 2.19 bits per heavy atom. The van der Waals surface area contributed by atoms with Gasteiger partial charge < -0.3 is 15.1 Å². The molecule has 1 unspecified atom stereocenters. The molecule has 0 radical (unpaired) electrons. The van der Waals surface area contributed by atoms with Gasteiger partial charge in [-0.1, -0.05) is 35.0 Å². The molecule has 1 aromatic carbocycles.